The number of rotatable bonds is 4. The van der Waals surface area contributed by atoms with E-state index in [1.165, 1.54) is 0 Å². The first-order valence-corrected chi connectivity index (χ1v) is 10.6. The molecule has 0 atom stereocenters. The second kappa shape index (κ2) is 8.43. The van der Waals surface area contributed by atoms with Crippen molar-refractivity contribution in [2.45, 2.75) is 20.8 Å². The molecule has 0 unspecified atom stereocenters. The molecule has 2 heterocycles. The van der Waals surface area contributed by atoms with Crippen LogP contribution in [-0.2, 0) is 9.59 Å². The Morgan fingerprint density at radius 3 is 2.06 bits per heavy atom. The number of carbonyl (C=O) groups excluding carboxylic acids is 3. The zero-order valence-electron chi connectivity index (χ0n) is 19.3. The third kappa shape index (κ3) is 4.05. The van der Waals surface area contributed by atoms with Crippen LogP contribution in [0.2, 0.25) is 0 Å². The predicted octanol–water partition coefficient (Wildman–Crippen LogP) is 4.13. The Bertz CT molecular complexity index is 1280. The number of hydrogen-bond acceptors (Lipinski definition) is 4. The van der Waals surface area contributed by atoms with Gasteiger partial charge in [0.05, 0.1) is 5.69 Å². The Morgan fingerprint density at radius 1 is 0.848 bits per heavy atom. The van der Waals surface area contributed by atoms with Gasteiger partial charge in [-0.15, -0.1) is 0 Å². The molecule has 7 heteroatoms. The first kappa shape index (κ1) is 22.1. The molecular formula is C26H26N4O3. The summed E-state index contributed by atoms with van der Waals surface area (Å²) in [7, 11) is 3.98. The average molecular weight is 443 g/mol. The summed E-state index contributed by atoms with van der Waals surface area (Å²) in [5.74, 6) is -1.35. The molecule has 0 bridgehead atoms. The molecule has 3 aromatic rings. The van der Waals surface area contributed by atoms with E-state index in [9.17, 15) is 14.4 Å². The summed E-state index contributed by atoms with van der Waals surface area (Å²) in [5, 5.41) is 2.28. The molecule has 2 aromatic carbocycles. The number of imide groups is 2. The van der Waals surface area contributed by atoms with Gasteiger partial charge in [0, 0.05) is 36.9 Å². The third-order valence-corrected chi connectivity index (χ3v) is 5.79. The number of hydrogen-bond donors (Lipinski definition) is 1. The first-order valence-electron chi connectivity index (χ1n) is 10.6. The molecule has 1 saturated heterocycles. The van der Waals surface area contributed by atoms with Gasteiger partial charge in [0.1, 0.15) is 5.57 Å². The van der Waals surface area contributed by atoms with Gasteiger partial charge < -0.3 is 9.47 Å². The van der Waals surface area contributed by atoms with Gasteiger partial charge in [0.25, 0.3) is 11.8 Å². The molecule has 4 amide bonds. The summed E-state index contributed by atoms with van der Waals surface area (Å²) in [4.78, 5) is 41.2. The van der Waals surface area contributed by atoms with E-state index in [0.717, 1.165) is 38.8 Å². The summed E-state index contributed by atoms with van der Waals surface area (Å²) in [6.45, 7) is 5.83. The Morgan fingerprint density at radius 2 is 1.45 bits per heavy atom. The minimum Gasteiger partial charge on any atom is -0.378 e. The fourth-order valence-corrected chi connectivity index (χ4v) is 3.97. The highest BCUT2D eigenvalue weighted by Crippen LogP contribution is 2.27. The maximum Gasteiger partial charge on any atom is 0.335 e. The van der Waals surface area contributed by atoms with Crippen LogP contribution in [-0.4, -0.2) is 36.5 Å². The number of urea groups is 1. The van der Waals surface area contributed by atoms with Crippen molar-refractivity contribution in [3.63, 3.8) is 0 Å². The number of carbonyl (C=O) groups is 3. The zero-order chi connectivity index (χ0) is 23.9. The number of amides is 4. The van der Waals surface area contributed by atoms with E-state index in [4.69, 9.17) is 0 Å². The third-order valence-electron chi connectivity index (χ3n) is 5.79. The van der Waals surface area contributed by atoms with Crippen LogP contribution < -0.4 is 15.1 Å². The quantitative estimate of drug-likeness (QED) is 0.487. The van der Waals surface area contributed by atoms with Crippen molar-refractivity contribution >= 4 is 35.3 Å². The number of benzene rings is 2. The fraction of sp³-hybridized carbons (Fsp3) is 0.192. The highest BCUT2D eigenvalue weighted by Gasteiger charge is 2.37. The van der Waals surface area contributed by atoms with E-state index < -0.39 is 17.8 Å². The summed E-state index contributed by atoms with van der Waals surface area (Å²) in [6, 6.07) is 16.3. The standard InChI is InChI=1S/C26H26N4O3/c1-16-6-8-22(9-7-16)30-25(32)23(24(31)27-26(30)33)15-19-14-17(2)29(18(19)3)21-12-10-20(11-13-21)28(4)5/h6-15H,1-5H3,(H,27,31,33). The van der Waals surface area contributed by atoms with Crippen molar-refractivity contribution in [1.82, 2.24) is 9.88 Å². The number of nitrogens with one attached hydrogen (secondary N) is 1. The van der Waals surface area contributed by atoms with Crippen molar-refractivity contribution in [3.05, 3.63) is 82.7 Å². The van der Waals surface area contributed by atoms with Crippen LogP contribution in [0.3, 0.4) is 0 Å². The highest BCUT2D eigenvalue weighted by molar-refractivity contribution is 6.39. The predicted molar refractivity (Wildman–Crippen MR) is 130 cm³/mol. The number of aromatic nitrogens is 1. The van der Waals surface area contributed by atoms with E-state index in [0.29, 0.717) is 5.69 Å². The van der Waals surface area contributed by atoms with E-state index in [-0.39, 0.29) is 5.57 Å². The minimum absolute atomic E-state index is 0.0848. The van der Waals surface area contributed by atoms with Crippen molar-refractivity contribution in [1.29, 1.82) is 0 Å². The van der Waals surface area contributed by atoms with Crippen molar-refractivity contribution in [2.24, 2.45) is 0 Å². The molecule has 1 fully saturated rings. The van der Waals surface area contributed by atoms with E-state index in [2.05, 4.69) is 9.88 Å². The summed E-state index contributed by atoms with van der Waals surface area (Å²) >= 11 is 0. The Hall–Kier alpha value is -4.13. The van der Waals surface area contributed by atoms with Gasteiger partial charge in [-0.05, 0) is 74.9 Å². The van der Waals surface area contributed by atoms with Gasteiger partial charge >= 0.3 is 6.03 Å². The molecule has 0 radical (unpaired) electrons. The summed E-state index contributed by atoms with van der Waals surface area (Å²) in [5.41, 5.74) is 5.99. The largest absolute Gasteiger partial charge is 0.378 e. The van der Waals surface area contributed by atoms with Crippen LogP contribution in [0.4, 0.5) is 16.2 Å². The second-order valence-electron chi connectivity index (χ2n) is 8.37. The van der Waals surface area contributed by atoms with Gasteiger partial charge in [0.15, 0.2) is 0 Å². The van der Waals surface area contributed by atoms with Gasteiger partial charge in [0.2, 0.25) is 0 Å². The van der Waals surface area contributed by atoms with Gasteiger partial charge in [-0.1, -0.05) is 17.7 Å². The molecule has 1 aliphatic rings. The smallest absolute Gasteiger partial charge is 0.335 e. The summed E-state index contributed by atoms with van der Waals surface area (Å²) < 4.78 is 2.07. The molecule has 7 nitrogen and oxygen atoms in total. The normalized spacial score (nSPS) is 15.2. The minimum atomic E-state index is -0.752. The lowest BCUT2D eigenvalue weighted by molar-refractivity contribution is -0.122. The number of barbiturate groups is 1. The van der Waals surface area contributed by atoms with Crippen LogP contribution >= 0.6 is 0 Å². The molecule has 0 aliphatic carbocycles. The number of aryl methyl sites for hydroxylation is 2. The molecule has 168 valence electrons. The van der Waals surface area contributed by atoms with Crippen LogP contribution in [0.5, 0.6) is 0 Å². The Balaban J connectivity index is 1.72. The van der Waals surface area contributed by atoms with Crippen molar-refractivity contribution < 1.29 is 14.4 Å². The van der Waals surface area contributed by atoms with Crippen LogP contribution in [0.15, 0.2) is 60.2 Å². The lowest BCUT2D eigenvalue weighted by Crippen LogP contribution is -2.54. The Kier molecular flexibility index (Phi) is 5.64. The van der Waals surface area contributed by atoms with Gasteiger partial charge in [-0.2, -0.15) is 0 Å². The van der Waals surface area contributed by atoms with Gasteiger partial charge in [-0.25, -0.2) is 9.69 Å². The molecule has 1 aromatic heterocycles. The zero-order valence-corrected chi connectivity index (χ0v) is 19.3. The van der Waals surface area contributed by atoms with E-state index >= 15 is 0 Å². The molecule has 1 aliphatic heterocycles. The van der Waals surface area contributed by atoms with Gasteiger partial charge in [-0.3, -0.25) is 14.9 Å². The van der Waals surface area contributed by atoms with Crippen LogP contribution in [0.1, 0.15) is 22.5 Å². The molecule has 1 N–H and O–H groups in total. The average Bonchev–Trinajstić information content (AvgIpc) is 3.05. The van der Waals surface area contributed by atoms with E-state index in [1.54, 1.807) is 18.2 Å². The number of anilines is 2. The Labute approximate surface area is 192 Å². The van der Waals surface area contributed by atoms with Crippen molar-refractivity contribution in [2.75, 3.05) is 23.9 Å². The van der Waals surface area contributed by atoms with E-state index in [1.807, 2.05) is 82.2 Å². The monoisotopic (exact) mass is 442 g/mol. The maximum absolute atomic E-state index is 13.2. The highest BCUT2D eigenvalue weighted by atomic mass is 16.2. The maximum atomic E-state index is 13.2. The lowest BCUT2D eigenvalue weighted by atomic mass is 10.1. The topological polar surface area (TPSA) is 74.7 Å². The summed E-state index contributed by atoms with van der Waals surface area (Å²) in [6.07, 6.45) is 1.55. The van der Waals surface area contributed by atoms with Crippen molar-refractivity contribution in [3.8, 4) is 5.69 Å². The molecular weight excluding hydrogens is 416 g/mol. The first-order chi connectivity index (χ1) is 15.7. The fourth-order valence-electron chi connectivity index (χ4n) is 3.97. The molecule has 4 rings (SSSR count). The molecule has 0 saturated carbocycles. The lowest BCUT2D eigenvalue weighted by Gasteiger charge is -2.26. The second-order valence-corrected chi connectivity index (χ2v) is 8.37. The number of nitrogens with zero attached hydrogens (tertiary/aromatic N) is 3. The molecule has 33 heavy (non-hydrogen) atoms. The van der Waals surface area contributed by atoms with Crippen LogP contribution in [0.25, 0.3) is 11.8 Å². The van der Waals surface area contributed by atoms with Crippen LogP contribution in [0, 0.1) is 20.8 Å². The molecule has 0 spiro atoms. The SMILES string of the molecule is Cc1ccc(N2C(=O)NC(=O)C(=Cc3cc(C)n(-c4ccc(N(C)C)cc4)c3C)C2=O)cc1.